The maximum absolute atomic E-state index is 15.8. The number of hydrogen-bond acceptors (Lipinski definition) is 7. The highest BCUT2D eigenvalue weighted by molar-refractivity contribution is 6.05. The maximum atomic E-state index is 15.8. The largest absolute Gasteiger partial charge is 0.394 e. The van der Waals surface area contributed by atoms with Crippen LogP contribution in [0.1, 0.15) is 46.0 Å². The second-order valence-corrected chi connectivity index (χ2v) is 10.9. The molecule has 11 heteroatoms. The lowest BCUT2D eigenvalue weighted by molar-refractivity contribution is -0.0447. The molecule has 0 saturated carbocycles. The molecule has 1 saturated heterocycles. The Morgan fingerprint density at radius 3 is 2.62 bits per heavy atom. The molecule has 0 spiro atoms. The van der Waals surface area contributed by atoms with Crippen molar-refractivity contribution in [3.63, 3.8) is 0 Å². The van der Waals surface area contributed by atoms with Crippen LogP contribution in [0, 0.1) is 5.82 Å². The number of aromatic nitrogens is 2. The molecule has 0 radical (unpaired) electrons. The molecule has 3 aromatic carbocycles. The molecule has 10 nitrogen and oxygen atoms in total. The number of amides is 2. The predicted molar refractivity (Wildman–Crippen MR) is 170 cm³/mol. The number of unbranched alkanes of at least 4 members (excludes halogenated alkanes) is 1. The minimum atomic E-state index is -0.677. The first kappa shape index (κ1) is 31.6. The summed E-state index contributed by atoms with van der Waals surface area (Å²) in [7, 11) is 1.54. The predicted octanol–water partition coefficient (Wildman–Crippen LogP) is 4.76. The third-order valence-corrected chi connectivity index (χ3v) is 7.68. The van der Waals surface area contributed by atoms with Crippen LogP contribution in [0.15, 0.2) is 77.7 Å². The van der Waals surface area contributed by atoms with Gasteiger partial charge in [0.05, 0.1) is 30.7 Å². The van der Waals surface area contributed by atoms with Crippen molar-refractivity contribution in [3.8, 4) is 11.3 Å². The molecule has 1 atom stereocenters. The fourth-order valence-corrected chi connectivity index (χ4v) is 5.19. The Morgan fingerprint density at radius 1 is 1.09 bits per heavy atom. The van der Waals surface area contributed by atoms with Crippen LogP contribution in [0.3, 0.4) is 0 Å². The summed E-state index contributed by atoms with van der Waals surface area (Å²) in [6.45, 7) is 3.00. The number of aryl methyl sites for hydroxylation is 2. The Labute approximate surface area is 260 Å². The zero-order chi connectivity index (χ0) is 31.9. The first-order chi connectivity index (χ1) is 21.8. The number of rotatable bonds is 10. The zero-order valence-electron chi connectivity index (χ0n) is 25.3. The SMILES string of the molecule is CCCCc1ccccc1C(=O)Nc1cccc(-c2cn(C)c(=O)c(Nc3ccc(C(=O)N4CCOC(CO)C4)cc3)n2)c1F. The van der Waals surface area contributed by atoms with Gasteiger partial charge in [-0.2, -0.15) is 0 Å². The van der Waals surface area contributed by atoms with Gasteiger partial charge in [0.25, 0.3) is 17.4 Å². The van der Waals surface area contributed by atoms with E-state index in [1.165, 1.54) is 22.9 Å². The van der Waals surface area contributed by atoms with Gasteiger partial charge in [-0.1, -0.05) is 37.6 Å². The lowest BCUT2D eigenvalue weighted by atomic mass is 10.0. The number of nitrogens with zero attached hydrogens (tertiary/aromatic N) is 3. The van der Waals surface area contributed by atoms with Crippen LogP contribution >= 0.6 is 0 Å². The Bertz CT molecular complexity index is 1740. The van der Waals surface area contributed by atoms with Crippen LogP contribution in [-0.2, 0) is 18.2 Å². The molecule has 1 aliphatic heterocycles. The van der Waals surface area contributed by atoms with Gasteiger partial charge < -0.3 is 29.9 Å². The molecular weight excluding hydrogens is 577 g/mol. The van der Waals surface area contributed by atoms with E-state index in [0.717, 1.165) is 24.8 Å². The molecule has 45 heavy (non-hydrogen) atoms. The molecule has 0 aliphatic carbocycles. The van der Waals surface area contributed by atoms with Gasteiger partial charge in [-0.05, 0) is 60.9 Å². The second-order valence-electron chi connectivity index (χ2n) is 10.9. The van der Waals surface area contributed by atoms with Crippen molar-refractivity contribution in [2.75, 3.05) is 36.9 Å². The van der Waals surface area contributed by atoms with Crippen LogP contribution in [0.25, 0.3) is 11.3 Å². The number of morpholine rings is 1. The van der Waals surface area contributed by atoms with Gasteiger partial charge in [0.1, 0.15) is 0 Å². The molecule has 4 aromatic rings. The fraction of sp³-hybridized carbons (Fsp3) is 0.294. The quantitative estimate of drug-likeness (QED) is 0.236. The van der Waals surface area contributed by atoms with Crippen LogP contribution in [0.5, 0.6) is 0 Å². The molecule has 1 fully saturated rings. The normalized spacial score (nSPS) is 14.7. The van der Waals surface area contributed by atoms with Crippen molar-refractivity contribution < 1.29 is 23.8 Å². The van der Waals surface area contributed by atoms with E-state index in [4.69, 9.17) is 4.74 Å². The van der Waals surface area contributed by atoms with Gasteiger partial charge in [-0.25, -0.2) is 9.37 Å². The smallest absolute Gasteiger partial charge is 0.293 e. The van der Waals surface area contributed by atoms with Gasteiger partial charge in [-0.3, -0.25) is 14.4 Å². The highest BCUT2D eigenvalue weighted by Gasteiger charge is 2.24. The van der Waals surface area contributed by atoms with Crippen LogP contribution < -0.4 is 16.2 Å². The van der Waals surface area contributed by atoms with E-state index in [9.17, 15) is 19.5 Å². The van der Waals surface area contributed by atoms with Crippen molar-refractivity contribution in [3.05, 3.63) is 106 Å². The molecule has 2 amide bonds. The summed E-state index contributed by atoms with van der Waals surface area (Å²) in [6.07, 6.45) is 3.69. The molecule has 1 aliphatic rings. The van der Waals surface area contributed by atoms with Gasteiger partial charge in [0, 0.05) is 48.7 Å². The van der Waals surface area contributed by atoms with E-state index in [0.29, 0.717) is 36.5 Å². The third kappa shape index (κ3) is 7.27. The van der Waals surface area contributed by atoms with E-state index >= 15 is 4.39 Å². The van der Waals surface area contributed by atoms with E-state index < -0.39 is 23.4 Å². The van der Waals surface area contributed by atoms with Crippen molar-refractivity contribution in [2.45, 2.75) is 32.3 Å². The molecule has 234 valence electrons. The van der Waals surface area contributed by atoms with Crippen LogP contribution in [0.2, 0.25) is 0 Å². The number of ether oxygens (including phenoxy) is 1. The van der Waals surface area contributed by atoms with Crippen molar-refractivity contribution in [2.24, 2.45) is 7.05 Å². The first-order valence-corrected chi connectivity index (χ1v) is 14.9. The summed E-state index contributed by atoms with van der Waals surface area (Å²) in [6, 6.07) is 18.5. The molecule has 2 heterocycles. The van der Waals surface area contributed by atoms with E-state index in [1.54, 1.807) is 54.4 Å². The lowest BCUT2D eigenvalue weighted by Crippen LogP contribution is -2.46. The number of aliphatic hydroxyl groups is 1. The topological polar surface area (TPSA) is 126 Å². The average Bonchev–Trinajstić information content (AvgIpc) is 3.06. The number of halogens is 1. The van der Waals surface area contributed by atoms with Crippen molar-refractivity contribution >= 4 is 29.0 Å². The molecular formula is C34H36FN5O5. The zero-order valence-corrected chi connectivity index (χ0v) is 25.3. The van der Waals surface area contributed by atoms with Gasteiger partial charge in [0.15, 0.2) is 11.6 Å². The van der Waals surface area contributed by atoms with Gasteiger partial charge in [-0.15, -0.1) is 0 Å². The summed E-state index contributed by atoms with van der Waals surface area (Å²) in [5.74, 6) is -1.31. The number of anilines is 3. The van der Waals surface area contributed by atoms with Crippen molar-refractivity contribution in [1.29, 1.82) is 0 Å². The van der Waals surface area contributed by atoms with Crippen LogP contribution in [0.4, 0.5) is 21.6 Å². The number of benzene rings is 3. The van der Waals surface area contributed by atoms with Gasteiger partial charge >= 0.3 is 0 Å². The Kier molecular flexibility index (Phi) is 10.0. The fourth-order valence-electron chi connectivity index (χ4n) is 5.19. The molecule has 0 bridgehead atoms. The summed E-state index contributed by atoms with van der Waals surface area (Å²) < 4.78 is 22.5. The number of carbonyl (C=O) groups excluding carboxylic acids is 2. The average molecular weight is 614 g/mol. The van der Waals surface area contributed by atoms with E-state index in [1.807, 2.05) is 12.1 Å². The minimum absolute atomic E-state index is 0.00112. The second kappa shape index (κ2) is 14.3. The monoisotopic (exact) mass is 613 g/mol. The number of carbonyl (C=O) groups is 2. The third-order valence-electron chi connectivity index (χ3n) is 7.68. The highest BCUT2D eigenvalue weighted by atomic mass is 19.1. The Hall–Kier alpha value is -4.87. The van der Waals surface area contributed by atoms with Crippen LogP contribution in [-0.4, -0.2) is 63.8 Å². The molecule has 1 aromatic heterocycles. The van der Waals surface area contributed by atoms with Gasteiger partial charge in [0.2, 0.25) is 0 Å². The molecule has 3 N–H and O–H groups in total. The van der Waals surface area contributed by atoms with Crippen molar-refractivity contribution in [1.82, 2.24) is 14.5 Å². The highest BCUT2D eigenvalue weighted by Crippen LogP contribution is 2.28. The number of aliphatic hydroxyl groups excluding tert-OH is 1. The minimum Gasteiger partial charge on any atom is -0.394 e. The summed E-state index contributed by atoms with van der Waals surface area (Å²) in [5, 5.41) is 15.1. The molecule has 1 unspecified atom stereocenters. The molecule has 5 rings (SSSR count). The number of nitrogens with one attached hydrogen (secondary N) is 2. The Balaban J connectivity index is 1.35. The Morgan fingerprint density at radius 2 is 1.87 bits per heavy atom. The summed E-state index contributed by atoms with van der Waals surface area (Å²) in [5.41, 5.74) is 2.21. The van der Waals surface area contributed by atoms with E-state index in [-0.39, 0.29) is 35.3 Å². The number of hydrogen-bond donors (Lipinski definition) is 3. The first-order valence-electron chi connectivity index (χ1n) is 14.9. The standard InChI is InChI=1S/C34H36FN5O5/c1-3-4-8-22-9-5-6-10-26(22)32(42)38-28-12-7-11-27(30(28)35)29-20-39(2)34(44)31(37-29)36-24-15-13-23(14-16-24)33(43)40-17-18-45-25(19-40)21-41/h5-7,9-16,20,25,41H,3-4,8,17-19,21H2,1-2H3,(H,36,37)(H,38,42). The maximum Gasteiger partial charge on any atom is 0.293 e. The lowest BCUT2D eigenvalue weighted by Gasteiger charge is -2.32. The van der Waals surface area contributed by atoms with E-state index in [2.05, 4.69) is 22.5 Å². The summed E-state index contributed by atoms with van der Waals surface area (Å²) >= 11 is 0. The summed E-state index contributed by atoms with van der Waals surface area (Å²) in [4.78, 5) is 45.1.